The van der Waals surface area contributed by atoms with E-state index in [0.29, 0.717) is 0 Å². The van der Waals surface area contributed by atoms with Crippen molar-refractivity contribution in [3.63, 3.8) is 0 Å². The Hall–Kier alpha value is -2.76. The molecule has 3 rings (SSSR count). The van der Waals surface area contributed by atoms with Crippen LogP contribution >= 0.6 is 0 Å². The van der Waals surface area contributed by atoms with Crippen LogP contribution in [0, 0.1) is 0 Å². The number of carboxylic acid groups (broad SMARTS) is 2. The predicted octanol–water partition coefficient (Wildman–Crippen LogP) is -9.59. The zero-order valence-electron chi connectivity index (χ0n) is 28.7. The lowest BCUT2D eigenvalue weighted by atomic mass is 9.88. The molecule has 24 heteroatoms. The molecule has 0 bridgehead atoms. The molecule has 3 aliphatic heterocycles. The number of aliphatic hydroxyl groups excluding tert-OH is 9. The van der Waals surface area contributed by atoms with Gasteiger partial charge in [0.25, 0.3) is 0 Å². The van der Waals surface area contributed by atoms with E-state index < -0.39 is 160 Å². The van der Waals surface area contributed by atoms with Gasteiger partial charge < -0.3 is 106 Å². The molecule has 0 unspecified atom stereocenters. The second kappa shape index (κ2) is 18.7. The van der Waals surface area contributed by atoms with Crippen molar-refractivity contribution in [3.8, 4) is 0 Å². The molecule has 0 saturated carbocycles. The van der Waals surface area contributed by atoms with Crippen molar-refractivity contribution in [2.45, 2.75) is 137 Å². The van der Waals surface area contributed by atoms with Crippen LogP contribution in [0.15, 0.2) is 0 Å². The molecule has 18 atom stereocenters. The van der Waals surface area contributed by atoms with E-state index in [-0.39, 0.29) is 0 Å². The maximum Gasteiger partial charge on any atom is 0.323 e. The molecular formula is C29H48N3O21-. The number of rotatable bonds is 16. The standard InChI is InChI=1S/C29H49N3O21/c1-8(15(30)25(44)45)48-26-17(32-10(3)37)22(19(41)13(6-34)49-26)51-27-21(43)24(20(42)14(7-35)50-27)53-29(28(46)47)4-11(38)16(31-9(2)36)23(52-29)18(40)12(39)5-33/h8,11-24,26-27,33-35,38-43H,4-7,30H2,1-3H3,(H,31,36)(H,32,37)(H,44,45)(H,46,47)/p-1/t8-,11+,12-,13-,14-,15+,16-,17-,18-,19+,20+,21-,22-,23-,24+,26+,27+,29+/m1/s1. The van der Waals surface area contributed by atoms with Gasteiger partial charge in [0.05, 0.1) is 38.1 Å². The molecule has 3 aliphatic rings. The molecule has 0 radical (unpaired) electrons. The molecule has 2 amide bonds. The number of nitrogens with one attached hydrogen (secondary N) is 2. The quantitative estimate of drug-likeness (QED) is 0.0692. The molecule has 3 heterocycles. The minimum Gasteiger partial charge on any atom is -0.544 e. The van der Waals surface area contributed by atoms with Gasteiger partial charge in [-0.15, -0.1) is 0 Å². The number of aliphatic carboxylic acids is 2. The van der Waals surface area contributed by atoms with E-state index in [1.807, 2.05) is 0 Å². The minimum atomic E-state index is -3.21. The molecule has 0 aliphatic carbocycles. The largest absolute Gasteiger partial charge is 0.544 e. The van der Waals surface area contributed by atoms with Crippen molar-refractivity contribution in [1.29, 1.82) is 0 Å². The summed E-state index contributed by atoms with van der Waals surface area (Å²) in [6.45, 7) is 0.241. The molecule has 0 aromatic rings. The molecule has 24 nitrogen and oxygen atoms in total. The smallest absolute Gasteiger partial charge is 0.323 e. The van der Waals surface area contributed by atoms with Crippen LogP contribution in [-0.4, -0.2) is 204 Å². The Morgan fingerprint density at radius 3 is 1.91 bits per heavy atom. The van der Waals surface area contributed by atoms with Gasteiger partial charge in [-0.1, -0.05) is 0 Å². The van der Waals surface area contributed by atoms with E-state index in [1.165, 1.54) is 6.92 Å². The first kappa shape index (κ1) is 44.6. The monoisotopic (exact) mass is 774 g/mol. The van der Waals surface area contributed by atoms with E-state index in [2.05, 4.69) is 10.6 Å². The van der Waals surface area contributed by atoms with Gasteiger partial charge in [0, 0.05) is 20.3 Å². The molecule has 53 heavy (non-hydrogen) atoms. The van der Waals surface area contributed by atoms with Crippen LogP contribution in [-0.2, 0) is 47.6 Å². The molecule has 14 N–H and O–H groups in total. The molecule has 0 aromatic heterocycles. The van der Waals surface area contributed by atoms with Gasteiger partial charge in [0.1, 0.15) is 79.1 Å². The zero-order valence-corrected chi connectivity index (χ0v) is 28.7. The Bertz CT molecular complexity index is 1270. The SMILES string of the molecule is CC(=O)N[C@H]1[C@@H](O[C@H](C)[C@H](N)C(=O)O)O[C@H](CO)[C@H](O)[C@@H]1O[C@@H]1O[C@H](CO)[C@H](O)[C@H](O[C@]2(C(=O)[O-])C[C@H](O)[C@@H](NC(C)=O)[C@H]([C@H](O)[C@H](O)CO)O2)[C@H]1O. The lowest BCUT2D eigenvalue weighted by molar-refractivity contribution is -0.410. The first-order valence-corrected chi connectivity index (χ1v) is 16.4. The van der Waals surface area contributed by atoms with Gasteiger partial charge in [0.2, 0.25) is 17.6 Å². The Labute approximate surface area is 300 Å². The number of amides is 2. The summed E-state index contributed by atoms with van der Waals surface area (Å²) in [5.41, 5.74) is 5.63. The second-order valence-electron chi connectivity index (χ2n) is 12.9. The highest BCUT2D eigenvalue weighted by molar-refractivity contribution is 5.75. The van der Waals surface area contributed by atoms with Crippen LogP contribution in [0.25, 0.3) is 0 Å². The molecule has 3 saturated heterocycles. The Morgan fingerprint density at radius 2 is 1.42 bits per heavy atom. The Balaban J connectivity index is 2.01. The van der Waals surface area contributed by atoms with Crippen LogP contribution in [0.4, 0.5) is 0 Å². The maximum atomic E-state index is 12.7. The molecule has 306 valence electrons. The van der Waals surface area contributed by atoms with Crippen molar-refractivity contribution in [1.82, 2.24) is 10.6 Å². The number of nitrogens with two attached hydrogens (primary N) is 1. The number of ether oxygens (including phenoxy) is 6. The summed E-state index contributed by atoms with van der Waals surface area (Å²) < 4.78 is 33.6. The fraction of sp³-hybridized carbons (Fsp3) is 0.862. The van der Waals surface area contributed by atoms with E-state index in [1.54, 1.807) is 0 Å². The third kappa shape index (κ3) is 10.1. The first-order valence-electron chi connectivity index (χ1n) is 16.4. The third-order valence-electron chi connectivity index (χ3n) is 8.97. The number of aliphatic hydroxyl groups is 9. The van der Waals surface area contributed by atoms with Gasteiger partial charge in [-0.05, 0) is 6.92 Å². The number of carbonyl (C=O) groups is 4. The average Bonchev–Trinajstić information content (AvgIpc) is 3.09. The molecule has 3 fully saturated rings. The molecule has 0 spiro atoms. The minimum absolute atomic E-state index is 0.773. The van der Waals surface area contributed by atoms with Gasteiger partial charge in [-0.2, -0.15) is 0 Å². The topological polar surface area (TPSA) is 399 Å². The summed E-state index contributed by atoms with van der Waals surface area (Å²) in [5, 5.41) is 121. The van der Waals surface area contributed by atoms with E-state index in [9.17, 15) is 75.3 Å². The van der Waals surface area contributed by atoms with Gasteiger partial charge in [0.15, 0.2) is 12.6 Å². The van der Waals surface area contributed by atoms with Crippen LogP contribution in [0.5, 0.6) is 0 Å². The highest BCUT2D eigenvalue weighted by Crippen LogP contribution is 2.38. The molecular weight excluding hydrogens is 726 g/mol. The number of carboxylic acids is 2. The highest BCUT2D eigenvalue weighted by atomic mass is 16.8. The van der Waals surface area contributed by atoms with Gasteiger partial charge in [-0.3, -0.25) is 14.4 Å². The second-order valence-corrected chi connectivity index (χ2v) is 12.9. The lowest BCUT2D eigenvalue weighted by Crippen LogP contribution is -2.72. The van der Waals surface area contributed by atoms with Crippen molar-refractivity contribution >= 4 is 23.8 Å². The fourth-order valence-corrected chi connectivity index (χ4v) is 6.15. The summed E-state index contributed by atoms with van der Waals surface area (Å²) in [6.07, 6.45) is -28.1. The third-order valence-corrected chi connectivity index (χ3v) is 8.97. The lowest BCUT2D eigenvalue weighted by Gasteiger charge is -2.52. The number of carbonyl (C=O) groups excluding carboxylic acids is 3. The Kier molecular flexibility index (Phi) is 15.8. The number of hydrogen-bond acceptors (Lipinski definition) is 21. The summed E-state index contributed by atoms with van der Waals surface area (Å²) in [7, 11) is 0. The van der Waals surface area contributed by atoms with Crippen molar-refractivity contribution in [2.75, 3.05) is 19.8 Å². The summed E-state index contributed by atoms with van der Waals surface area (Å²) in [6, 6.07) is -4.82. The van der Waals surface area contributed by atoms with Crippen LogP contribution < -0.4 is 21.5 Å². The summed E-state index contributed by atoms with van der Waals surface area (Å²) in [5.74, 6) is -8.51. The maximum absolute atomic E-state index is 12.7. The number of hydrogen-bond donors (Lipinski definition) is 13. The normalized spacial score (nSPS) is 40.0. The van der Waals surface area contributed by atoms with Crippen LogP contribution in [0.2, 0.25) is 0 Å². The van der Waals surface area contributed by atoms with E-state index in [4.69, 9.17) is 34.2 Å². The van der Waals surface area contributed by atoms with Gasteiger partial charge >= 0.3 is 5.97 Å². The fourth-order valence-electron chi connectivity index (χ4n) is 6.15. The summed E-state index contributed by atoms with van der Waals surface area (Å²) >= 11 is 0. The zero-order chi connectivity index (χ0) is 40.1. The van der Waals surface area contributed by atoms with E-state index in [0.717, 1.165) is 13.8 Å². The van der Waals surface area contributed by atoms with Crippen molar-refractivity contribution < 1.29 is 104 Å². The first-order chi connectivity index (χ1) is 24.7. The van der Waals surface area contributed by atoms with E-state index >= 15 is 0 Å². The summed E-state index contributed by atoms with van der Waals surface area (Å²) in [4.78, 5) is 48.2. The molecule has 0 aromatic carbocycles. The van der Waals surface area contributed by atoms with Crippen molar-refractivity contribution in [2.24, 2.45) is 5.73 Å². The predicted molar refractivity (Wildman–Crippen MR) is 163 cm³/mol. The van der Waals surface area contributed by atoms with Crippen LogP contribution in [0.1, 0.15) is 27.2 Å². The van der Waals surface area contributed by atoms with Crippen LogP contribution in [0.3, 0.4) is 0 Å². The van der Waals surface area contributed by atoms with Crippen molar-refractivity contribution in [3.05, 3.63) is 0 Å². The Morgan fingerprint density at radius 1 is 0.887 bits per heavy atom. The highest BCUT2D eigenvalue weighted by Gasteiger charge is 2.58. The average molecular weight is 775 g/mol. The van der Waals surface area contributed by atoms with Gasteiger partial charge in [-0.25, -0.2) is 0 Å².